The molecule has 0 saturated carbocycles. The van der Waals surface area contributed by atoms with Crippen molar-refractivity contribution in [1.29, 1.82) is 0 Å². The van der Waals surface area contributed by atoms with Crippen LogP contribution in [-0.2, 0) is 16.0 Å². The van der Waals surface area contributed by atoms with Gasteiger partial charge in [-0.1, -0.05) is 25.1 Å². The number of rotatable bonds is 6. The van der Waals surface area contributed by atoms with E-state index in [0.29, 0.717) is 13.1 Å². The minimum atomic E-state index is -0.139. The summed E-state index contributed by atoms with van der Waals surface area (Å²) < 4.78 is 10.3. The highest BCUT2D eigenvalue weighted by molar-refractivity contribution is 5.82. The molecule has 25 heavy (non-hydrogen) atoms. The highest BCUT2D eigenvalue weighted by Crippen LogP contribution is 2.24. The second kappa shape index (κ2) is 9.30. The van der Waals surface area contributed by atoms with Crippen LogP contribution in [0.4, 0.5) is 0 Å². The zero-order valence-corrected chi connectivity index (χ0v) is 15.6. The van der Waals surface area contributed by atoms with Gasteiger partial charge in [-0.3, -0.25) is 9.79 Å². The lowest BCUT2D eigenvalue weighted by molar-refractivity contribution is -0.145. The smallest absolute Gasteiger partial charge is 0.310 e. The van der Waals surface area contributed by atoms with Crippen molar-refractivity contribution in [2.75, 3.05) is 40.4 Å². The number of benzene rings is 1. The third-order valence-electron chi connectivity index (χ3n) is 4.59. The molecule has 2 rings (SSSR count). The van der Waals surface area contributed by atoms with Crippen LogP contribution in [0, 0.1) is 11.8 Å². The molecule has 1 aliphatic rings. The fraction of sp³-hybridized carbons (Fsp3) is 0.579. The molecule has 2 atom stereocenters. The van der Waals surface area contributed by atoms with Gasteiger partial charge in [-0.2, -0.15) is 0 Å². The molecular weight excluding hydrogens is 318 g/mol. The van der Waals surface area contributed by atoms with E-state index in [1.165, 1.54) is 7.11 Å². The van der Waals surface area contributed by atoms with Crippen LogP contribution < -0.4 is 10.1 Å². The zero-order valence-electron chi connectivity index (χ0n) is 15.6. The lowest BCUT2D eigenvalue weighted by atomic mass is 9.99. The second-order valence-corrected chi connectivity index (χ2v) is 6.31. The van der Waals surface area contributed by atoms with E-state index in [1.54, 1.807) is 7.11 Å². The Morgan fingerprint density at radius 3 is 2.76 bits per heavy atom. The van der Waals surface area contributed by atoms with E-state index in [2.05, 4.69) is 23.2 Å². The number of carbonyl (C=O) groups is 1. The Morgan fingerprint density at radius 2 is 2.08 bits per heavy atom. The van der Waals surface area contributed by atoms with Crippen LogP contribution in [0.15, 0.2) is 29.3 Å². The molecule has 138 valence electrons. The number of hydrogen-bond acceptors (Lipinski definition) is 4. The molecule has 0 aliphatic carbocycles. The van der Waals surface area contributed by atoms with Crippen molar-refractivity contribution in [1.82, 2.24) is 10.2 Å². The van der Waals surface area contributed by atoms with E-state index in [9.17, 15) is 4.79 Å². The summed E-state index contributed by atoms with van der Waals surface area (Å²) in [5.41, 5.74) is 1.15. The molecule has 0 amide bonds. The maximum Gasteiger partial charge on any atom is 0.310 e. The van der Waals surface area contributed by atoms with Crippen molar-refractivity contribution in [2.45, 2.75) is 20.3 Å². The molecule has 6 heteroatoms. The van der Waals surface area contributed by atoms with E-state index in [-0.39, 0.29) is 17.8 Å². The van der Waals surface area contributed by atoms with E-state index in [1.807, 2.05) is 25.1 Å². The first kappa shape index (κ1) is 19.1. The number of methoxy groups -OCH3 is 2. The second-order valence-electron chi connectivity index (χ2n) is 6.31. The molecule has 1 aromatic rings. The molecule has 0 spiro atoms. The van der Waals surface area contributed by atoms with Gasteiger partial charge in [-0.05, 0) is 30.9 Å². The lowest BCUT2D eigenvalue weighted by Gasteiger charge is -2.21. The van der Waals surface area contributed by atoms with Crippen LogP contribution in [0.5, 0.6) is 5.75 Å². The van der Waals surface area contributed by atoms with Crippen LogP contribution in [-0.4, -0.2) is 57.2 Å². The molecule has 1 aliphatic heterocycles. The van der Waals surface area contributed by atoms with Crippen LogP contribution in [0.2, 0.25) is 0 Å². The molecule has 0 bridgehead atoms. The maximum atomic E-state index is 11.9. The number of nitrogens with zero attached hydrogens (tertiary/aromatic N) is 2. The molecule has 1 saturated heterocycles. The largest absolute Gasteiger partial charge is 0.496 e. The maximum absolute atomic E-state index is 11.9. The Balaban J connectivity index is 2.02. The van der Waals surface area contributed by atoms with Crippen molar-refractivity contribution < 1.29 is 14.3 Å². The Labute approximate surface area is 150 Å². The molecule has 2 unspecified atom stereocenters. The van der Waals surface area contributed by atoms with Gasteiger partial charge in [-0.15, -0.1) is 0 Å². The number of esters is 1. The fourth-order valence-corrected chi connectivity index (χ4v) is 3.22. The summed E-state index contributed by atoms with van der Waals surface area (Å²) in [6, 6.07) is 8.00. The first-order valence-electron chi connectivity index (χ1n) is 8.83. The molecule has 0 radical (unpaired) electrons. The zero-order chi connectivity index (χ0) is 18.2. The average Bonchev–Trinajstić information content (AvgIpc) is 3.02. The first-order chi connectivity index (χ1) is 12.1. The van der Waals surface area contributed by atoms with Gasteiger partial charge in [0.1, 0.15) is 5.75 Å². The summed E-state index contributed by atoms with van der Waals surface area (Å²) in [7, 11) is 3.13. The Kier molecular flexibility index (Phi) is 7.10. The number of likely N-dealkylation sites (tertiary alicyclic amines) is 1. The minimum Gasteiger partial charge on any atom is -0.496 e. The Morgan fingerprint density at radius 1 is 1.32 bits per heavy atom. The predicted octanol–water partition coefficient (Wildman–Crippen LogP) is 1.94. The highest BCUT2D eigenvalue weighted by Gasteiger charge is 2.36. The van der Waals surface area contributed by atoms with Gasteiger partial charge in [0.25, 0.3) is 0 Å². The normalized spacial score (nSPS) is 20.5. The summed E-state index contributed by atoms with van der Waals surface area (Å²) >= 11 is 0. The van der Waals surface area contributed by atoms with Gasteiger partial charge in [0.15, 0.2) is 5.96 Å². The van der Waals surface area contributed by atoms with E-state index in [0.717, 1.165) is 36.8 Å². The van der Waals surface area contributed by atoms with Gasteiger partial charge < -0.3 is 19.7 Å². The number of guanidine groups is 1. The molecule has 0 aromatic heterocycles. The first-order valence-corrected chi connectivity index (χ1v) is 8.83. The van der Waals surface area contributed by atoms with E-state index >= 15 is 0 Å². The number of carbonyl (C=O) groups excluding carboxylic acids is 1. The number of para-hydroxylation sites is 1. The minimum absolute atomic E-state index is 0.0944. The van der Waals surface area contributed by atoms with Gasteiger partial charge in [0.05, 0.1) is 20.1 Å². The summed E-state index contributed by atoms with van der Waals surface area (Å²) in [6.45, 7) is 7.04. The average molecular weight is 347 g/mol. The molecule has 1 N–H and O–H groups in total. The molecule has 1 aromatic carbocycles. The highest BCUT2D eigenvalue weighted by atomic mass is 16.5. The summed E-state index contributed by atoms with van der Waals surface area (Å²) in [6.07, 6.45) is 0.808. The summed E-state index contributed by atoms with van der Waals surface area (Å²) in [5, 5.41) is 3.33. The fourth-order valence-electron chi connectivity index (χ4n) is 3.22. The third-order valence-corrected chi connectivity index (χ3v) is 4.59. The molecule has 1 fully saturated rings. The monoisotopic (exact) mass is 347 g/mol. The van der Waals surface area contributed by atoms with Crippen LogP contribution in [0.25, 0.3) is 0 Å². The molecule has 1 heterocycles. The number of aliphatic imine (C=N–C) groups is 1. The standard InChI is InChI=1S/C19H29N3O3/c1-5-20-19(22-12-14(2)16(13-22)18(23)25-4)21-11-10-15-8-6-7-9-17(15)24-3/h6-9,14,16H,5,10-13H2,1-4H3,(H,20,21). The van der Waals surface area contributed by atoms with Crippen LogP contribution in [0.1, 0.15) is 19.4 Å². The third kappa shape index (κ3) is 4.87. The van der Waals surface area contributed by atoms with Crippen molar-refractivity contribution in [3.05, 3.63) is 29.8 Å². The lowest BCUT2D eigenvalue weighted by Crippen LogP contribution is -2.40. The number of nitrogens with one attached hydrogen (secondary N) is 1. The van der Waals surface area contributed by atoms with Crippen molar-refractivity contribution in [3.8, 4) is 5.75 Å². The van der Waals surface area contributed by atoms with E-state index < -0.39 is 0 Å². The Bertz CT molecular complexity index is 603. The van der Waals surface area contributed by atoms with Gasteiger partial charge in [0.2, 0.25) is 0 Å². The van der Waals surface area contributed by atoms with Gasteiger partial charge >= 0.3 is 5.97 Å². The number of ether oxygens (including phenoxy) is 2. The summed E-state index contributed by atoms with van der Waals surface area (Å²) in [4.78, 5) is 18.8. The van der Waals surface area contributed by atoms with Gasteiger partial charge in [0, 0.05) is 26.2 Å². The summed E-state index contributed by atoms with van der Waals surface area (Å²) in [5.74, 6) is 1.77. The van der Waals surface area contributed by atoms with Crippen molar-refractivity contribution >= 4 is 11.9 Å². The van der Waals surface area contributed by atoms with E-state index in [4.69, 9.17) is 14.5 Å². The van der Waals surface area contributed by atoms with Crippen molar-refractivity contribution in [3.63, 3.8) is 0 Å². The topological polar surface area (TPSA) is 63.2 Å². The number of hydrogen-bond donors (Lipinski definition) is 1. The van der Waals surface area contributed by atoms with Crippen LogP contribution >= 0.6 is 0 Å². The SMILES string of the molecule is CCNC(=NCCc1ccccc1OC)N1CC(C)C(C(=O)OC)C1. The van der Waals surface area contributed by atoms with Crippen molar-refractivity contribution in [2.24, 2.45) is 16.8 Å². The molecule has 6 nitrogen and oxygen atoms in total. The predicted molar refractivity (Wildman–Crippen MR) is 98.9 cm³/mol. The van der Waals surface area contributed by atoms with Crippen LogP contribution in [0.3, 0.4) is 0 Å². The molecular formula is C19H29N3O3. The quantitative estimate of drug-likeness (QED) is 0.484. The Hall–Kier alpha value is -2.24. The van der Waals surface area contributed by atoms with Gasteiger partial charge in [-0.25, -0.2) is 0 Å².